The fourth-order valence-electron chi connectivity index (χ4n) is 1.27. The Bertz CT molecular complexity index is 408. The van der Waals surface area contributed by atoms with Crippen molar-refractivity contribution in [1.82, 2.24) is 4.72 Å². The Labute approximate surface area is 107 Å². The molecule has 0 saturated heterocycles. The second-order valence-corrected chi connectivity index (χ2v) is 5.63. The van der Waals surface area contributed by atoms with E-state index in [9.17, 15) is 8.42 Å². The van der Waals surface area contributed by atoms with Gasteiger partial charge in [-0.25, -0.2) is 13.1 Å². The summed E-state index contributed by atoms with van der Waals surface area (Å²) in [5, 5.41) is 0. The SMILES string of the molecule is O=S(=O)(Cc1ccccc1)NCCOCCCl. The molecule has 0 bridgehead atoms. The van der Waals surface area contributed by atoms with Crippen LogP contribution in [0, 0.1) is 0 Å². The highest BCUT2D eigenvalue weighted by atomic mass is 35.5. The van der Waals surface area contributed by atoms with Crippen molar-refractivity contribution in [3.63, 3.8) is 0 Å². The molecule has 0 spiro atoms. The topological polar surface area (TPSA) is 55.4 Å². The zero-order valence-corrected chi connectivity index (χ0v) is 11.0. The lowest BCUT2D eigenvalue weighted by atomic mass is 10.2. The maximum absolute atomic E-state index is 11.6. The molecule has 0 aliphatic rings. The fraction of sp³-hybridized carbons (Fsp3) is 0.455. The summed E-state index contributed by atoms with van der Waals surface area (Å²) in [6.45, 7) is 1.04. The van der Waals surface area contributed by atoms with Gasteiger partial charge in [0.1, 0.15) is 0 Å². The smallest absolute Gasteiger partial charge is 0.215 e. The summed E-state index contributed by atoms with van der Waals surface area (Å²) in [6, 6.07) is 9.04. The first-order valence-electron chi connectivity index (χ1n) is 5.29. The lowest BCUT2D eigenvalue weighted by Gasteiger charge is -2.06. The van der Waals surface area contributed by atoms with E-state index in [2.05, 4.69) is 4.72 Å². The maximum Gasteiger partial charge on any atom is 0.215 e. The molecule has 6 heteroatoms. The van der Waals surface area contributed by atoms with Crippen LogP contribution in [0.3, 0.4) is 0 Å². The van der Waals surface area contributed by atoms with E-state index >= 15 is 0 Å². The van der Waals surface area contributed by atoms with Gasteiger partial charge in [-0.15, -0.1) is 11.6 Å². The van der Waals surface area contributed by atoms with Crippen LogP contribution in [0.2, 0.25) is 0 Å². The van der Waals surface area contributed by atoms with Crippen LogP contribution in [-0.4, -0.2) is 34.1 Å². The van der Waals surface area contributed by atoms with Crippen molar-refractivity contribution in [1.29, 1.82) is 0 Å². The van der Waals surface area contributed by atoms with E-state index in [4.69, 9.17) is 16.3 Å². The quantitative estimate of drug-likeness (QED) is 0.577. The molecule has 0 heterocycles. The first-order chi connectivity index (χ1) is 8.14. The molecule has 1 N–H and O–H groups in total. The Kier molecular flexibility index (Phi) is 6.50. The third-order valence-corrected chi connectivity index (χ3v) is 3.50. The summed E-state index contributed by atoms with van der Waals surface area (Å²) in [5.41, 5.74) is 0.765. The van der Waals surface area contributed by atoms with Crippen molar-refractivity contribution in [3.8, 4) is 0 Å². The average molecular weight is 278 g/mol. The van der Waals surface area contributed by atoms with Gasteiger partial charge in [-0.2, -0.15) is 0 Å². The van der Waals surface area contributed by atoms with Crippen LogP contribution in [0.25, 0.3) is 0 Å². The van der Waals surface area contributed by atoms with Gasteiger partial charge in [-0.1, -0.05) is 30.3 Å². The molecule has 1 rings (SSSR count). The molecule has 0 radical (unpaired) electrons. The summed E-state index contributed by atoms with van der Waals surface area (Å²) in [6.07, 6.45) is 0. The van der Waals surface area contributed by atoms with Gasteiger partial charge < -0.3 is 4.74 Å². The minimum atomic E-state index is -3.28. The summed E-state index contributed by atoms with van der Waals surface area (Å²) in [5.74, 6) is 0.403. The Morgan fingerprint density at radius 3 is 2.53 bits per heavy atom. The number of hydrogen-bond acceptors (Lipinski definition) is 3. The van der Waals surface area contributed by atoms with E-state index in [0.29, 0.717) is 19.1 Å². The predicted octanol–water partition coefficient (Wildman–Crippen LogP) is 1.36. The Hall–Kier alpha value is -0.620. The monoisotopic (exact) mass is 277 g/mol. The molecule has 0 aliphatic carbocycles. The summed E-state index contributed by atoms with van der Waals surface area (Å²) in [4.78, 5) is 0. The van der Waals surface area contributed by atoms with E-state index in [1.165, 1.54) is 0 Å². The zero-order valence-electron chi connectivity index (χ0n) is 9.43. The van der Waals surface area contributed by atoms with Gasteiger partial charge in [-0.3, -0.25) is 0 Å². The Morgan fingerprint density at radius 2 is 1.88 bits per heavy atom. The fourth-order valence-corrected chi connectivity index (χ4v) is 2.51. The normalized spacial score (nSPS) is 11.6. The van der Waals surface area contributed by atoms with Crippen molar-refractivity contribution in [3.05, 3.63) is 35.9 Å². The van der Waals surface area contributed by atoms with Crippen LogP contribution in [-0.2, 0) is 20.5 Å². The number of ether oxygens (including phenoxy) is 1. The number of halogens is 1. The lowest BCUT2D eigenvalue weighted by molar-refractivity contribution is 0.155. The lowest BCUT2D eigenvalue weighted by Crippen LogP contribution is -2.28. The molecule has 0 atom stereocenters. The van der Waals surface area contributed by atoms with E-state index in [1.54, 1.807) is 12.1 Å². The third kappa shape index (κ3) is 6.63. The standard InChI is InChI=1S/C11H16ClNO3S/c12-6-8-16-9-7-13-17(14,15)10-11-4-2-1-3-5-11/h1-5,13H,6-10H2. The first kappa shape index (κ1) is 14.4. The van der Waals surface area contributed by atoms with Crippen LogP contribution in [0.1, 0.15) is 5.56 Å². The molecule has 0 fully saturated rings. The second-order valence-electron chi connectivity index (χ2n) is 3.44. The molecule has 0 aromatic heterocycles. The number of hydrogen-bond donors (Lipinski definition) is 1. The molecular formula is C11H16ClNO3S. The Morgan fingerprint density at radius 1 is 1.18 bits per heavy atom. The number of benzene rings is 1. The van der Waals surface area contributed by atoms with Crippen LogP contribution in [0.15, 0.2) is 30.3 Å². The molecule has 1 aromatic rings. The van der Waals surface area contributed by atoms with Gasteiger partial charge in [0.05, 0.1) is 19.0 Å². The zero-order chi connectivity index (χ0) is 12.6. The minimum absolute atomic E-state index is 0.0106. The van der Waals surface area contributed by atoms with Crippen LogP contribution >= 0.6 is 11.6 Å². The third-order valence-electron chi connectivity index (χ3n) is 1.99. The summed E-state index contributed by atoms with van der Waals surface area (Å²) >= 11 is 5.41. The highest BCUT2D eigenvalue weighted by Gasteiger charge is 2.09. The number of sulfonamides is 1. The highest BCUT2D eigenvalue weighted by molar-refractivity contribution is 7.88. The maximum atomic E-state index is 11.6. The van der Waals surface area contributed by atoms with Crippen LogP contribution in [0.4, 0.5) is 0 Å². The van der Waals surface area contributed by atoms with Crippen molar-refractivity contribution in [2.45, 2.75) is 5.75 Å². The average Bonchev–Trinajstić information content (AvgIpc) is 2.29. The van der Waals surface area contributed by atoms with Crippen molar-refractivity contribution in [2.75, 3.05) is 25.6 Å². The first-order valence-corrected chi connectivity index (χ1v) is 7.48. The molecule has 4 nitrogen and oxygen atoms in total. The van der Waals surface area contributed by atoms with Crippen molar-refractivity contribution >= 4 is 21.6 Å². The van der Waals surface area contributed by atoms with Gasteiger partial charge in [0, 0.05) is 12.4 Å². The van der Waals surface area contributed by atoms with E-state index in [0.717, 1.165) is 5.56 Å². The largest absolute Gasteiger partial charge is 0.379 e. The summed E-state index contributed by atoms with van der Waals surface area (Å²) in [7, 11) is -3.28. The van der Waals surface area contributed by atoms with E-state index in [1.807, 2.05) is 18.2 Å². The molecular weight excluding hydrogens is 262 g/mol. The predicted molar refractivity (Wildman–Crippen MR) is 68.6 cm³/mol. The molecule has 0 aliphatic heterocycles. The number of alkyl halides is 1. The van der Waals surface area contributed by atoms with Gasteiger partial charge in [0.15, 0.2) is 0 Å². The molecule has 0 saturated carbocycles. The van der Waals surface area contributed by atoms with E-state index < -0.39 is 10.0 Å². The molecule has 96 valence electrons. The second kappa shape index (κ2) is 7.66. The summed E-state index contributed by atoms with van der Waals surface area (Å²) < 4.78 is 30.8. The van der Waals surface area contributed by atoms with Gasteiger partial charge in [0.25, 0.3) is 0 Å². The molecule has 1 aromatic carbocycles. The van der Waals surface area contributed by atoms with Gasteiger partial charge >= 0.3 is 0 Å². The molecule has 0 amide bonds. The Balaban J connectivity index is 2.32. The van der Waals surface area contributed by atoms with Crippen LogP contribution < -0.4 is 4.72 Å². The molecule has 0 unspecified atom stereocenters. The van der Waals surface area contributed by atoms with Crippen LogP contribution in [0.5, 0.6) is 0 Å². The van der Waals surface area contributed by atoms with Gasteiger partial charge in [0.2, 0.25) is 10.0 Å². The highest BCUT2D eigenvalue weighted by Crippen LogP contribution is 2.03. The van der Waals surface area contributed by atoms with Gasteiger partial charge in [-0.05, 0) is 5.56 Å². The van der Waals surface area contributed by atoms with Crippen molar-refractivity contribution < 1.29 is 13.2 Å². The van der Waals surface area contributed by atoms with Crippen molar-refractivity contribution in [2.24, 2.45) is 0 Å². The minimum Gasteiger partial charge on any atom is -0.379 e. The number of nitrogens with one attached hydrogen (secondary N) is 1. The number of rotatable bonds is 8. The molecule has 17 heavy (non-hydrogen) atoms. The van der Waals surface area contributed by atoms with E-state index in [-0.39, 0.29) is 12.3 Å².